The third kappa shape index (κ3) is 6.37. The zero-order valence-electron chi connectivity index (χ0n) is 16.1. The Kier molecular flexibility index (Phi) is 9.56. The molecule has 2 aromatic rings. The largest absolute Gasteiger partial charge is 0.360 e. The van der Waals surface area contributed by atoms with E-state index in [0.29, 0.717) is 12.1 Å². The lowest BCUT2D eigenvalue weighted by atomic mass is 10.2. The fraction of sp³-hybridized carbons (Fsp3) is 0.400. The maximum absolute atomic E-state index is 12.0. The van der Waals surface area contributed by atoms with E-state index in [1.807, 2.05) is 37.4 Å². The lowest BCUT2D eigenvalue weighted by molar-refractivity contribution is 0.0953. The zero-order valence-corrected chi connectivity index (χ0v) is 19.3. The highest BCUT2D eigenvalue weighted by Crippen LogP contribution is 2.22. The molecule has 8 heteroatoms. The molecule has 28 heavy (non-hydrogen) atoms. The van der Waals surface area contributed by atoms with E-state index < -0.39 is 0 Å². The Morgan fingerprint density at radius 3 is 2.39 bits per heavy atom. The van der Waals surface area contributed by atoms with Crippen LogP contribution in [-0.4, -0.2) is 63.1 Å². The average Bonchev–Trinajstić information content (AvgIpc) is 3.26. The third-order valence-electron chi connectivity index (χ3n) is 4.57. The van der Waals surface area contributed by atoms with Crippen molar-refractivity contribution in [3.63, 3.8) is 0 Å². The molecule has 1 aliphatic heterocycles. The number of amides is 1. The van der Waals surface area contributed by atoms with Gasteiger partial charge in [0, 0.05) is 51.9 Å². The Hall–Kier alpha value is -1.81. The van der Waals surface area contributed by atoms with E-state index in [0.717, 1.165) is 45.1 Å². The van der Waals surface area contributed by atoms with E-state index >= 15 is 0 Å². The molecule has 0 unspecified atom stereocenters. The summed E-state index contributed by atoms with van der Waals surface area (Å²) in [5.74, 6) is 0.917. The summed E-state index contributed by atoms with van der Waals surface area (Å²) in [6.07, 6.45) is 0.854. The predicted molar refractivity (Wildman–Crippen MR) is 128 cm³/mol. The average molecular weight is 513 g/mol. The van der Waals surface area contributed by atoms with Crippen LogP contribution < -0.4 is 15.5 Å². The van der Waals surface area contributed by atoms with Gasteiger partial charge in [0.05, 0.1) is 5.00 Å². The van der Waals surface area contributed by atoms with Gasteiger partial charge in [-0.3, -0.25) is 9.79 Å². The van der Waals surface area contributed by atoms with Crippen LogP contribution in [0, 0.1) is 0 Å². The molecule has 1 aliphatic rings. The minimum Gasteiger partial charge on any atom is -0.360 e. The topological polar surface area (TPSA) is 60.0 Å². The number of nitrogens with zero attached hydrogens (tertiary/aromatic N) is 3. The summed E-state index contributed by atoms with van der Waals surface area (Å²) < 4.78 is 0. The van der Waals surface area contributed by atoms with Crippen molar-refractivity contribution in [1.82, 2.24) is 15.5 Å². The molecular formula is C20H28IN5OS. The minimum atomic E-state index is -0.0234. The summed E-state index contributed by atoms with van der Waals surface area (Å²) in [7, 11) is 1.82. The number of nitrogens with one attached hydrogen (secondary N) is 2. The fourth-order valence-electron chi connectivity index (χ4n) is 3.10. The lowest BCUT2D eigenvalue weighted by Gasteiger charge is -2.37. The molecule has 2 heterocycles. The fourth-order valence-corrected chi connectivity index (χ4v) is 3.89. The molecule has 152 valence electrons. The normalized spacial score (nSPS) is 14.4. The van der Waals surface area contributed by atoms with Gasteiger partial charge in [0.25, 0.3) is 5.91 Å². The molecule has 6 nitrogen and oxygen atoms in total. The first-order chi connectivity index (χ1) is 13.3. The first kappa shape index (κ1) is 22.5. The van der Waals surface area contributed by atoms with Crippen molar-refractivity contribution in [3.05, 3.63) is 53.4 Å². The first-order valence-corrected chi connectivity index (χ1v) is 10.2. The standard InChI is InChI=1S/C20H27N5OS.HI/c1-21-20(25-14-12-24(13-15-25)18-9-5-16-27-18)23-11-6-10-22-19(26)17-7-3-2-4-8-17;/h2-5,7-9,16H,6,10-15H2,1H3,(H,21,23)(H,22,26);1H. The van der Waals surface area contributed by atoms with Crippen molar-refractivity contribution < 1.29 is 4.79 Å². The van der Waals surface area contributed by atoms with Crippen LogP contribution in [0.5, 0.6) is 0 Å². The number of hydrogen-bond acceptors (Lipinski definition) is 4. The van der Waals surface area contributed by atoms with E-state index in [1.54, 1.807) is 11.3 Å². The van der Waals surface area contributed by atoms with Crippen molar-refractivity contribution in [3.8, 4) is 0 Å². The summed E-state index contributed by atoms with van der Waals surface area (Å²) in [5, 5.41) is 9.83. The van der Waals surface area contributed by atoms with Crippen molar-refractivity contribution in [2.75, 3.05) is 51.2 Å². The molecule has 1 aromatic heterocycles. The molecule has 0 radical (unpaired) electrons. The van der Waals surface area contributed by atoms with Crippen LogP contribution in [0.2, 0.25) is 0 Å². The quantitative estimate of drug-likeness (QED) is 0.270. The van der Waals surface area contributed by atoms with Gasteiger partial charge >= 0.3 is 0 Å². The Bertz CT molecular complexity index is 730. The van der Waals surface area contributed by atoms with E-state index in [9.17, 15) is 4.79 Å². The van der Waals surface area contributed by atoms with Crippen LogP contribution in [-0.2, 0) is 0 Å². The highest BCUT2D eigenvalue weighted by atomic mass is 127. The number of aliphatic imine (C=N–C) groups is 1. The molecule has 1 fully saturated rings. The maximum Gasteiger partial charge on any atom is 0.251 e. The number of halogens is 1. The zero-order chi connectivity index (χ0) is 18.9. The van der Waals surface area contributed by atoms with Gasteiger partial charge in [-0.15, -0.1) is 35.3 Å². The number of rotatable bonds is 6. The molecule has 1 aromatic carbocycles. The van der Waals surface area contributed by atoms with Gasteiger partial charge < -0.3 is 20.4 Å². The van der Waals surface area contributed by atoms with Gasteiger partial charge in [0.1, 0.15) is 0 Å². The van der Waals surface area contributed by atoms with Gasteiger partial charge in [0.15, 0.2) is 5.96 Å². The molecule has 2 N–H and O–H groups in total. The van der Waals surface area contributed by atoms with Gasteiger partial charge in [-0.1, -0.05) is 18.2 Å². The van der Waals surface area contributed by atoms with Gasteiger partial charge in [-0.05, 0) is 36.1 Å². The van der Waals surface area contributed by atoms with Crippen LogP contribution in [0.3, 0.4) is 0 Å². The summed E-state index contributed by atoms with van der Waals surface area (Å²) in [6, 6.07) is 13.6. The van der Waals surface area contributed by atoms with Gasteiger partial charge in [0.2, 0.25) is 0 Å². The second kappa shape index (κ2) is 11.9. The SMILES string of the molecule is CN=C(NCCCNC(=O)c1ccccc1)N1CCN(c2cccs2)CC1.I. The summed E-state index contributed by atoms with van der Waals surface area (Å²) in [4.78, 5) is 21.1. The predicted octanol–water partition coefficient (Wildman–Crippen LogP) is 2.88. The van der Waals surface area contributed by atoms with Crippen LogP contribution in [0.1, 0.15) is 16.8 Å². The number of thiophene rings is 1. The van der Waals surface area contributed by atoms with Crippen molar-refractivity contribution in [2.45, 2.75) is 6.42 Å². The van der Waals surface area contributed by atoms with Crippen LogP contribution in [0.15, 0.2) is 52.8 Å². The molecular weight excluding hydrogens is 485 g/mol. The smallest absolute Gasteiger partial charge is 0.251 e. The van der Waals surface area contributed by atoms with E-state index in [-0.39, 0.29) is 29.9 Å². The summed E-state index contributed by atoms with van der Waals surface area (Å²) in [5.41, 5.74) is 0.699. The second-order valence-electron chi connectivity index (χ2n) is 6.37. The number of guanidine groups is 1. The van der Waals surface area contributed by atoms with Crippen molar-refractivity contribution in [2.24, 2.45) is 4.99 Å². The van der Waals surface area contributed by atoms with Gasteiger partial charge in [-0.2, -0.15) is 0 Å². The number of hydrogen-bond donors (Lipinski definition) is 2. The van der Waals surface area contributed by atoms with Crippen molar-refractivity contribution in [1.29, 1.82) is 0 Å². The molecule has 3 rings (SSSR count). The number of piperazine rings is 1. The minimum absolute atomic E-state index is 0. The Morgan fingerprint density at radius 2 is 1.75 bits per heavy atom. The lowest BCUT2D eigenvalue weighted by Crippen LogP contribution is -2.52. The summed E-state index contributed by atoms with van der Waals surface area (Å²) in [6.45, 7) is 5.37. The Labute approximate surface area is 188 Å². The highest BCUT2D eigenvalue weighted by molar-refractivity contribution is 14.0. The first-order valence-electron chi connectivity index (χ1n) is 9.35. The van der Waals surface area contributed by atoms with Crippen LogP contribution in [0.25, 0.3) is 0 Å². The Morgan fingerprint density at radius 1 is 1.04 bits per heavy atom. The van der Waals surface area contributed by atoms with E-state index in [2.05, 4.69) is 42.9 Å². The molecule has 0 saturated carbocycles. The number of anilines is 1. The molecule has 1 amide bonds. The monoisotopic (exact) mass is 513 g/mol. The second-order valence-corrected chi connectivity index (χ2v) is 7.30. The number of carbonyl (C=O) groups is 1. The highest BCUT2D eigenvalue weighted by Gasteiger charge is 2.20. The summed E-state index contributed by atoms with van der Waals surface area (Å²) >= 11 is 1.79. The van der Waals surface area contributed by atoms with Crippen LogP contribution >= 0.6 is 35.3 Å². The molecule has 1 saturated heterocycles. The third-order valence-corrected chi connectivity index (χ3v) is 5.50. The van der Waals surface area contributed by atoms with E-state index in [1.165, 1.54) is 5.00 Å². The molecule has 0 atom stereocenters. The number of carbonyl (C=O) groups excluding carboxylic acids is 1. The molecule has 0 bridgehead atoms. The van der Waals surface area contributed by atoms with Crippen molar-refractivity contribution >= 4 is 52.2 Å². The van der Waals surface area contributed by atoms with E-state index in [4.69, 9.17) is 0 Å². The molecule has 0 spiro atoms. The maximum atomic E-state index is 12.0. The Balaban J connectivity index is 0.00000280. The molecule has 0 aliphatic carbocycles. The van der Waals surface area contributed by atoms with Crippen LogP contribution in [0.4, 0.5) is 5.00 Å². The van der Waals surface area contributed by atoms with Gasteiger partial charge in [-0.25, -0.2) is 0 Å². The number of benzene rings is 1.